The molecular formula is C26H22ClFN4O3. The number of benzene rings is 2. The molecule has 1 fully saturated rings. The van der Waals surface area contributed by atoms with E-state index in [1.807, 2.05) is 40.7 Å². The summed E-state index contributed by atoms with van der Waals surface area (Å²) in [5.41, 5.74) is 2.51. The molecule has 0 unspecified atom stereocenters. The van der Waals surface area contributed by atoms with E-state index in [4.69, 9.17) is 16.3 Å². The van der Waals surface area contributed by atoms with E-state index >= 15 is 0 Å². The number of nitrogens with zero attached hydrogens (tertiary/aromatic N) is 4. The molecule has 1 spiro atoms. The van der Waals surface area contributed by atoms with E-state index in [2.05, 4.69) is 4.98 Å². The molecule has 1 saturated heterocycles. The van der Waals surface area contributed by atoms with Crippen molar-refractivity contribution in [2.45, 2.75) is 25.0 Å². The Bertz CT molecular complexity index is 1500. The molecule has 0 aliphatic carbocycles. The number of likely N-dealkylation sites (tertiary alicyclic amines) is 1. The summed E-state index contributed by atoms with van der Waals surface area (Å²) in [6, 6.07) is 9.71. The normalized spacial score (nSPS) is 16.7. The minimum atomic E-state index is -0.808. The first-order valence-corrected chi connectivity index (χ1v) is 11.8. The van der Waals surface area contributed by atoms with Gasteiger partial charge in [0.2, 0.25) is 0 Å². The number of piperidine rings is 1. The molecule has 7 nitrogen and oxygen atoms in total. The van der Waals surface area contributed by atoms with Crippen molar-refractivity contribution < 1.29 is 18.7 Å². The lowest BCUT2D eigenvalue weighted by Crippen LogP contribution is -2.45. The smallest absolute Gasteiger partial charge is 0.339 e. The Balaban J connectivity index is 1.28. The van der Waals surface area contributed by atoms with Gasteiger partial charge in [-0.05, 0) is 24.3 Å². The van der Waals surface area contributed by atoms with Gasteiger partial charge in [-0.1, -0.05) is 23.7 Å². The van der Waals surface area contributed by atoms with Crippen LogP contribution in [0.5, 0.6) is 0 Å². The predicted molar refractivity (Wildman–Crippen MR) is 128 cm³/mol. The fraction of sp³-hybridized carbons (Fsp3) is 0.269. The van der Waals surface area contributed by atoms with Gasteiger partial charge in [-0.25, -0.2) is 14.2 Å². The van der Waals surface area contributed by atoms with Gasteiger partial charge in [0.1, 0.15) is 11.4 Å². The Morgan fingerprint density at radius 1 is 1.17 bits per heavy atom. The Labute approximate surface area is 205 Å². The Hall–Kier alpha value is -3.65. The van der Waals surface area contributed by atoms with Gasteiger partial charge in [0, 0.05) is 61.3 Å². The molecular weight excluding hydrogens is 471 g/mol. The molecule has 2 aromatic heterocycles. The molecule has 4 heterocycles. The van der Waals surface area contributed by atoms with Crippen molar-refractivity contribution in [3.8, 4) is 0 Å². The number of carbonyl (C=O) groups excluding carboxylic acids is 2. The van der Waals surface area contributed by atoms with Crippen molar-refractivity contribution in [2.75, 3.05) is 13.1 Å². The second kappa shape index (κ2) is 7.95. The molecule has 1 amide bonds. The highest BCUT2D eigenvalue weighted by molar-refractivity contribution is 6.31. The first kappa shape index (κ1) is 21.9. The standard InChI is InChI=1S/C26H22ClFN4O3/c1-30-12-18(29-15-30)13-32-14-21(19-4-2-16(27)10-23(19)32)24(33)31-8-6-26(7-9-31)22-5-3-17(28)11-20(22)25(34)35-26/h2-5,10-12,14-15H,6-9,13H2,1H3. The van der Waals surface area contributed by atoms with Crippen molar-refractivity contribution in [2.24, 2.45) is 7.05 Å². The molecule has 178 valence electrons. The van der Waals surface area contributed by atoms with Crippen LogP contribution in [0.25, 0.3) is 10.9 Å². The van der Waals surface area contributed by atoms with Crippen LogP contribution in [0.4, 0.5) is 4.39 Å². The summed E-state index contributed by atoms with van der Waals surface area (Å²) in [6.07, 6.45) is 6.46. The summed E-state index contributed by atoms with van der Waals surface area (Å²) in [4.78, 5) is 32.2. The number of ether oxygens (including phenoxy) is 1. The monoisotopic (exact) mass is 492 g/mol. The van der Waals surface area contributed by atoms with E-state index in [9.17, 15) is 14.0 Å². The van der Waals surface area contributed by atoms with Crippen LogP contribution in [0, 0.1) is 5.82 Å². The van der Waals surface area contributed by atoms with Gasteiger partial charge in [0.05, 0.1) is 35.2 Å². The molecule has 0 bridgehead atoms. The highest BCUT2D eigenvalue weighted by Crippen LogP contribution is 2.44. The van der Waals surface area contributed by atoms with Crippen molar-refractivity contribution >= 4 is 34.4 Å². The van der Waals surface area contributed by atoms with Crippen LogP contribution in [0.3, 0.4) is 0 Å². The van der Waals surface area contributed by atoms with Gasteiger partial charge in [0.15, 0.2) is 0 Å². The number of esters is 1. The van der Waals surface area contributed by atoms with E-state index in [0.29, 0.717) is 48.6 Å². The number of halogens is 2. The third-order valence-electron chi connectivity index (χ3n) is 7.00. The molecule has 2 aromatic carbocycles. The number of hydrogen-bond acceptors (Lipinski definition) is 4. The average Bonchev–Trinajstić information content (AvgIpc) is 3.49. The number of hydrogen-bond donors (Lipinski definition) is 0. The summed E-state index contributed by atoms with van der Waals surface area (Å²) in [5, 5.41) is 1.42. The number of rotatable bonds is 3. The van der Waals surface area contributed by atoms with Crippen LogP contribution in [-0.4, -0.2) is 44.0 Å². The number of aromatic nitrogens is 3. The van der Waals surface area contributed by atoms with Crippen LogP contribution < -0.4 is 0 Å². The molecule has 35 heavy (non-hydrogen) atoms. The molecule has 9 heteroatoms. The molecule has 0 N–H and O–H groups in total. The minimum Gasteiger partial charge on any atom is -0.450 e. The summed E-state index contributed by atoms with van der Waals surface area (Å²) < 4.78 is 23.3. The zero-order valence-corrected chi connectivity index (χ0v) is 19.8. The Morgan fingerprint density at radius 2 is 1.97 bits per heavy atom. The zero-order valence-electron chi connectivity index (χ0n) is 19.0. The molecule has 0 atom stereocenters. The van der Waals surface area contributed by atoms with Gasteiger partial charge in [-0.2, -0.15) is 0 Å². The van der Waals surface area contributed by atoms with Crippen LogP contribution in [-0.2, 0) is 23.9 Å². The number of imidazole rings is 1. The van der Waals surface area contributed by atoms with Crippen LogP contribution in [0.15, 0.2) is 55.1 Å². The predicted octanol–water partition coefficient (Wildman–Crippen LogP) is 4.52. The van der Waals surface area contributed by atoms with Crippen LogP contribution in [0.2, 0.25) is 5.02 Å². The van der Waals surface area contributed by atoms with E-state index in [1.165, 1.54) is 12.1 Å². The fourth-order valence-electron chi connectivity index (χ4n) is 5.27. The SMILES string of the molecule is Cn1cnc(Cn2cc(C(=O)N3CCC4(CC3)OC(=O)c3cc(F)ccc34)c3ccc(Cl)cc32)c1. The number of amides is 1. The lowest BCUT2D eigenvalue weighted by atomic mass is 9.83. The molecule has 4 aromatic rings. The quantitative estimate of drug-likeness (QED) is 0.394. The van der Waals surface area contributed by atoms with Gasteiger partial charge in [0.25, 0.3) is 5.91 Å². The van der Waals surface area contributed by atoms with Gasteiger partial charge < -0.3 is 18.8 Å². The van der Waals surface area contributed by atoms with Crippen molar-refractivity contribution in [1.82, 2.24) is 19.0 Å². The maximum Gasteiger partial charge on any atom is 0.339 e. The molecule has 2 aliphatic heterocycles. The third kappa shape index (κ3) is 3.60. The van der Waals surface area contributed by atoms with Gasteiger partial charge >= 0.3 is 5.97 Å². The lowest BCUT2D eigenvalue weighted by molar-refractivity contribution is -0.0389. The van der Waals surface area contributed by atoms with E-state index in [1.54, 1.807) is 23.4 Å². The summed E-state index contributed by atoms with van der Waals surface area (Å²) in [7, 11) is 1.91. The summed E-state index contributed by atoms with van der Waals surface area (Å²) in [5.74, 6) is -1.06. The summed E-state index contributed by atoms with van der Waals surface area (Å²) >= 11 is 6.27. The van der Waals surface area contributed by atoms with Crippen molar-refractivity contribution in [3.63, 3.8) is 0 Å². The number of fused-ring (bicyclic) bond motifs is 3. The lowest BCUT2D eigenvalue weighted by Gasteiger charge is -2.38. The topological polar surface area (TPSA) is 69.4 Å². The first-order valence-electron chi connectivity index (χ1n) is 11.4. The second-order valence-corrected chi connectivity index (χ2v) is 9.66. The first-order chi connectivity index (χ1) is 16.8. The van der Waals surface area contributed by atoms with Crippen molar-refractivity contribution in [3.05, 3.63) is 88.3 Å². The van der Waals surface area contributed by atoms with Gasteiger partial charge in [-0.15, -0.1) is 0 Å². The maximum atomic E-state index is 13.7. The van der Waals surface area contributed by atoms with Crippen LogP contribution >= 0.6 is 11.6 Å². The zero-order chi connectivity index (χ0) is 24.3. The third-order valence-corrected chi connectivity index (χ3v) is 7.24. The number of aryl methyl sites for hydroxylation is 1. The number of carbonyl (C=O) groups is 2. The maximum absolute atomic E-state index is 13.7. The minimum absolute atomic E-state index is 0.0874. The summed E-state index contributed by atoms with van der Waals surface area (Å²) in [6.45, 7) is 1.35. The fourth-order valence-corrected chi connectivity index (χ4v) is 5.44. The highest BCUT2D eigenvalue weighted by Gasteiger charge is 2.48. The largest absolute Gasteiger partial charge is 0.450 e. The second-order valence-electron chi connectivity index (χ2n) is 9.23. The van der Waals surface area contributed by atoms with Gasteiger partial charge in [-0.3, -0.25) is 4.79 Å². The molecule has 0 radical (unpaired) electrons. The average molecular weight is 493 g/mol. The molecule has 0 saturated carbocycles. The molecule has 6 rings (SSSR count). The van der Waals surface area contributed by atoms with E-state index in [0.717, 1.165) is 16.6 Å². The Kier molecular flexibility index (Phi) is 4.96. The van der Waals surface area contributed by atoms with Crippen molar-refractivity contribution in [1.29, 1.82) is 0 Å². The highest BCUT2D eigenvalue weighted by atomic mass is 35.5. The Morgan fingerprint density at radius 3 is 2.71 bits per heavy atom. The van der Waals surface area contributed by atoms with E-state index in [-0.39, 0.29) is 11.5 Å². The molecule has 2 aliphatic rings. The van der Waals surface area contributed by atoms with E-state index < -0.39 is 17.4 Å². The van der Waals surface area contributed by atoms with Crippen LogP contribution in [0.1, 0.15) is 44.8 Å².